The zero-order valence-corrected chi connectivity index (χ0v) is 11.3. The van der Waals surface area contributed by atoms with E-state index in [2.05, 4.69) is 5.32 Å². The average molecular weight is 296 g/mol. The van der Waals surface area contributed by atoms with Crippen molar-refractivity contribution in [2.75, 3.05) is 19.6 Å². The molecule has 0 radical (unpaired) electrons. The third-order valence-corrected chi connectivity index (χ3v) is 3.68. The number of halogens is 3. The monoisotopic (exact) mass is 296 g/mol. The number of carbonyl (C=O) groups is 2. The smallest absolute Gasteiger partial charge is 0.390 e. The van der Waals surface area contributed by atoms with Crippen molar-refractivity contribution in [2.45, 2.75) is 38.8 Å². The van der Waals surface area contributed by atoms with Crippen LogP contribution in [0.4, 0.5) is 18.0 Å². The largest absolute Gasteiger partial charge is 0.481 e. The Balaban J connectivity index is 2.54. The highest BCUT2D eigenvalue weighted by Crippen LogP contribution is 2.33. The maximum atomic E-state index is 12.0. The summed E-state index contributed by atoms with van der Waals surface area (Å²) in [6.07, 6.45) is -4.01. The number of nitrogens with one attached hydrogen (secondary N) is 1. The lowest BCUT2D eigenvalue weighted by Gasteiger charge is -2.39. The molecule has 1 heterocycles. The summed E-state index contributed by atoms with van der Waals surface area (Å²) >= 11 is 0. The number of alkyl halides is 3. The summed E-state index contributed by atoms with van der Waals surface area (Å²) in [5.74, 6) is -0.965. The van der Waals surface area contributed by atoms with Crippen LogP contribution in [-0.2, 0) is 4.79 Å². The van der Waals surface area contributed by atoms with Crippen LogP contribution in [0, 0.1) is 5.41 Å². The molecular weight excluding hydrogens is 277 g/mol. The predicted molar refractivity (Wildman–Crippen MR) is 65.2 cm³/mol. The fourth-order valence-electron chi connectivity index (χ4n) is 2.34. The number of rotatable bonds is 4. The average Bonchev–Trinajstić information content (AvgIpc) is 2.36. The molecule has 5 nitrogen and oxygen atoms in total. The number of aliphatic carboxylic acids is 1. The minimum atomic E-state index is -4.32. The molecule has 1 rings (SSSR count). The van der Waals surface area contributed by atoms with Gasteiger partial charge in [-0.1, -0.05) is 6.92 Å². The highest BCUT2D eigenvalue weighted by molar-refractivity contribution is 5.78. The Morgan fingerprint density at radius 2 is 2.05 bits per heavy atom. The molecule has 2 amide bonds. The second kappa shape index (κ2) is 6.32. The summed E-state index contributed by atoms with van der Waals surface area (Å²) in [4.78, 5) is 24.4. The highest BCUT2D eigenvalue weighted by Gasteiger charge is 2.42. The lowest BCUT2D eigenvalue weighted by atomic mass is 9.78. The molecule has 1 aliphatic rings. The van der Waals surface area contributed by atoms with Crippen molar-refractivity contribution < 1.29 is 27.9 Å². The highest BCUT2D eigenvalue weighted by atomic mass is 19.4. The molecule has 8 heteroatoms. The summed E-state index contributed by atoms with van der Waals surface area (Å²) in [6.45, 7) is 1.65. The summed E-state index contributed by atoms with van der Waals surface area (Å²) in [5, 5.41) is 11.4. The van der Waals surface area contributed by atoms with E-state index < -0.39 is 36.6 Å². The molecule has 1 unspecified atom stereocenters. The van der Waals surface area contributed by atoms with Gasteiger partial charge in [0.05, 0.1) is 11.8 Å². The molecule has 0 aliphatic carbocycles. The van der Waals surface area contributed by atoms with Crippen LogP contribution < -0.4 is 5.32 Å². The first-order valence-electron chi connectivity index (χ1n) is 6.53. The van der Waals surface area contributed by atoms with Crippen molar-refractivity contribution in [3.63, 3.8) is 0 Å². The molecule has 1 atom stereocenters. The zero-order chi connectivity index (χ0) is 15.4. The molecular formula is C12H19F3N2O3. The second-order valence-corrected chi connectivity index (χ2v) is 5.06. The maximum absolute atomic E-state index is 12.0. The minimum Gasteiger partial charge on any atom is -0.481 e. The minimum absolute atomic E-state index is 0.0384. The Morgan fingerprint density at radius 1 is 1.40 bits per heavy atom. The number of carboxylic acid groups (broad SMARTS) is 1. The van der Waals surface area contributed by atoms with Crippen LogP contribution >= 0.6 is 0 Å². The van der Waals surface area contributed by atoms with Crippen LogP contribution in [0.5, 0.6) is 0 Å². The molecule has 0 saturated carbocycles. The maximum Gasteiger partial charge on any atom is 0.390 e. The number of urea groups is 1. The van der Waals surface area contributed by atoms with Gasteiger partial charge in [0.15, 0.2) is 0 Å². The predicted octanol–water partition coefficient (Wildman–Crippen LogP) is 2.23. The number of carbonyl (C=O) groups excluding carboxylic acids is 1. The quantitative estimate of drug-likeness (QED) is 0.835. The third-order valence-electron chi connectivity index (χ3n) is 3.68. The van der Waals surface area contributed by atoms with Crippen LogP contribution in [0.2, 0.25) is 0 Å². The lowest BCUT2D eigenvalue weighted by Crippen LogP contribution is -2.52. The molecule has 0 aromatic heterocycles. The molecule has 2 N–H and O–H groups in total. The molecule has 116 valence electrons. The van der Waals surface area contributed by atoms with Gasteiger partial charge in [0.2, 0.25) is 0 Å². The Hall–Kier alpha value is -1.47. The molecule has 0 aromatic carbocycles. The number of hydrogen-bond acceptors (Lipinski definition) is 2. The first-order valence-corrected chi connectivity index (χ1v) is 6.53. The van der Waals surface area contributed by atoms with Gasteiger partial charge in [-0.3, -0.25) is 4.79 Å². The van der Waals surface area contributed by atoms with Crippen molar-refractivity contribution in [3.05, 3.63) is 0 Å². The molecule has 20 heavy (non-hydrogen) atoms. The second-order valence-electron chi connectivity index (χ2n) is 5.06. The van der Waals surface area contributed by atoms with Crippen LogP contribution in [0.25, 0.3) is 0 Å². The Morgan fingerprint density at radius 3 is 2.55 bits per heavy atom. The van der Waals surface area contributed by atoms with Crippen LogP contribution in [-0.4, -0.2) is 47.8 Å². The number of likely N-dealkylation sites (tertiary alicyclic amines) is 1. The van der Waals surface area contributed by atoms with Crippen molar-refractivity contribution in [1.29, 1.82) is 0 Å². The fraction of sp³-hybridized carbons (Fsp3) is 0.833. The van der Waals surface area contributed by atoms with E-state index >= 15 is 0 Å². The fourth-order valence-corrected chi connectivity index (χ4v) is 2.34. The van der Waals surface area contributed by atoms with Gasteiger partial charge in [0.1, 0.15) is 0 Å². The molecule has 1 aliphatic heterocycles. The number of carboxylic acids is 1. The van der Waals surface area contributed by atoms with Gasteiger partial charge in [-0.2, -0.15) is 13.2 Å². The van der Waals surface area contributed by atoms with Crippen LogP contribution in [0.3, 0.4) is 0 Å². The van der Waals surface area contributed by atoms with Crippen LogP contribution in [0.15, 0.2) is 0 Å². The van der Waals surface area contributed by atoms with Crippen molar-refractivity contribution in [2.24, 2.45) is 5.41 Å². The number of amides is 2. The molecule has 1 fully saturated rings. The summed E-state index contributed by atoms with van der Waals surface area (Å²) < 4.78 is 36.0. The molecule has 0 bridgehead atoms. The van der Waals surface area contributed by atoms with Gasteiger partial charge >= 0.3 is 18.2 Å². The van der Waals surface area contributed by atoms with E-state index in [0.717, 1.165) is 0 Å². The zero-order valence-electron chi connectivity index (χ0n) is 11.3. The lowest BCUT2D eigenvalue weighted by molar-refractivity contribution is -0.152. The molecule has 0 spiro atoms. The molecule has 0 aromatic rings. The van der Waals surface area contributed by atoms with E-state index in [1.165, 1.54) is 4.90 Å². The van der Waals surface area contributed by atoms with E-state index in [9.17, 15) is 27.9 Å². The first kappa shape index (κ1) is 16.6. The van der Waals surface area contributed by atoms with E-state index in [1.807, 2.05) is 0 Å². The van der Waals surface area contributed by atoms with Gasteiger partial charge in [0, 0.05) is 19.6 Å². The number of hydrogen-bond donors (Lipinski definition) is 2. The Labute approximate surface area is 115 Å². The Bertz CT molecular complexity index is 373. The van der Waals surface area contributed by atoms with E-state index in [0.29, 0.717) is 25.8 Å². The van der Waals surface area contributed by atoms with Gasteiger partial charge in [-0.05, 0) is 19.3 Å². The van der Waals surface area contributed by atoms with Crippen molar-refractivity contribution in [1.82, 2.24) is 10.2 Å². The SMILES string of the molecule is CCC1(C(=O)O)CCCN(C(=O)NCCC(F)(F)F)C1. The topological polar surface area (TPSA) is 69.6 Å². The van der Waals surface area contributed by atoms with E-state index in [1.54, 1.807) is 6.92 Å². The first-order chi connectivity index (χ1) is 9.20. The Kier molecular flexibility index (Phi) is 5.24. The summed E-state index contributed by atoms with van der Waals surface area (Å²) in [5.41, 5.74) is -0.986. The van der Waals surface area contributed by atoms with Gasteiger partial charge < -0.3 is 15.3 Å². The molecule has 1 saturated heterocycles. The standard InChI is InChI=1S/C12H19F3N2O3/c1-2-11(9(18)19)4-3-7-17(8-11)10(20)16-6-5-12(13,14)15/h2-8H2,1H3,(H,16,20)(H,18,19). The third kappa shape index (κ3) is 4.28. The van der Waals surface area contributed by atoms with Crippen molar-refractivity contribution in [3.8, 4) is 0 Å². The summed E-state index contributed by atoms with van der Waals surface area (Å²) in [7, 11) is 0. The van der Waals surface area contributed by atoms with Gasteiger partial charge in [-0.15, -0.1) is 0 Å². The normalized spacial score (nSPS) is 23.5. The van der Waals surface area contributed by atoms with Crippen molar-refractivity contribution >= 4 is 12.0 Å². The van der Waals surface area contributed by atoms with Gasteiger partial charge in [0.25, 0.3) is 0 Å². The van der Waals surface area contributed by atoms with Gasteiger partial charge in [-0.25, -0.2) is 4.79 Å². The van der Waals surface area contributed by atoms with Crippen LogP contribution in [0.1, 0.15) is 32.6 Å². The number of nitrogens with zero attached hydrogens (tertiary/aromatic N) is 1. The summed E-state index contributed by atoms with van der Waals surface area (Å²) in [6, 6.07) is -0.631. The number of piperidine rings is 1. The van der Waals surface area contributed by atoms with E-state index in [-0.39, 0.29) is 6.54 Å². The van der Waals surface area contributed by atoms with E-state index in [4.69, 9.17) is 0 Å².